The second kappa shape index (κ2) is 7.42. The van der Waals surface area contributed by atoms with Gasteiger partial charge in [-0.2, -0.15) is 0 Å². The Labute approximate surface area is 185 Å². The Hall–Kier alpha value is -2.71. The van der Waals surface area contributed by atoms with Crippen molar-refractivity contribution in [3.63, 3.8) is 0 Å². The maximum absolute atomic E-state index is 13.3. The smallest absolute Gasteiger partial charge is 0.332 e. The molecule has 32 heavy (non-hydrogen) atoms. The molecule has 0 saturated heterocycles. The van der Waals surface area contributed by atoms with Gasteiger partial charge in [0.25, 0.3) is 5.56 Å². The lowest BCUT2D eigenvalue weighted by Crippen LogP contribution is -2.52. The maximum Gasteiger partial charge on any atom is 0.332 e. The number of ketones is 1. The summed E-state index contributed by atoms with van der Waals surface area (Å²) in [6.07, 6.45) is 7.30. The maximum atomic E-state index is 13.3. The molecule has 4 fully saturated rings. The summed E-state index contributed by atoms with van der Waals surface area (Å²) in [5.74, 6) is 1.57. The molecule has 9 nitrogen and oxygen atoms in total. The Morgan fingerprint density at radius 1 is 1.09 bits per heavy atom. The highest BCUT2D eigenvalue weighted by molar-refractivity contribution is 5.90. The molecule has 1 atom stereocenters. The molecule has 0 unspecified atom stereocenters. The fraction of sp³-hybridized carbons (Fsp3) is 0.696. The van der Waals surface area contributed by atoms with Crippen molar-refractivity contribution >= 4 is 22.9 Å². The number of carbonyl (C=O) groups excluding carboxylic acids is 2. The first-order valence-electron chi connectivity index (χ1n) is 11.5. The highest BCUT2D eigenvalue weighted by Crippen LogP contribution is 2.60. The molecule has 0 radical (unpaired) electrons. The Morgan fingerprint density at radius 2 is 1.69 bits per heavy atom. The number of nitrogens with zero attached hydrogens (tertiary/aromatic N) is 4. The summed E-state index contributed by atoms with van der Waals surface area (Å²) in [5, 5.41) is 0. The van der Waals surface area contributed by atoms with Gasteiger partial charge in [0, 0.05) is 26.1 Å². The van der Waals surface area contributed by atoms with E-state index in [2.05, 4.69) is 4.98 Å². The highest BCUT2D eigenvalue weighted by Gasteiger charge is 2.55. The second-order valence-corrected chi connectivity index (χ2v) is 10.3. The van der Waals surface area contributed by atoms with E-state index in [4.69, 9.17) is 4.74 Å². The van der Waals surface area contributed by atoms with Gasteiger partial charge in [0.05, 0.1) is 12.7 Å². The Balaban J connectivity index is 1.25. The number of hydrogen-bond donors (Lipinski definition) is 0. The van der Waals surface area contributed by atoms with Crippen LogP contribution in [0.3, 0.4) is 0 Å². The van der Waals surface area contributed by atoms with Crippen molar-refractivity contribution in [2.24, 2.45) is 37.3 Å². The zero-order valence-electron chi connectivity index (χ0n) is 18.9. The largest absolute Gasteiger partial charge is 0.455 e. The van der Waals surface area contributed by atoms with Crippen molar-refractivity contribution in [3.05, 3.63) is 27.2 Å². The van der Waals surface area contributed by atoms with E-state index in [1.54, 1.807) is 18.5 Å². The number of aromatic nitrogens is 4. The minimum absolute atomic E-state index is 0.00987. The van der Waals surface area contributed by atoms with Gasteiger partial charge in [-0.05, 0) is 63.2 Å². The monoisotopic (exact) mass is 442 g/mol. The van der Waals surface area contributed by atoms with Crippen LogP contribution in [0.15, 0.2) is 15.9 Å². The number of Topliss-reactive ketones (excluding diaryl/α,β-unsaturated/α-hetero) is 1. The summed E-state index contributed by atoms with van der Waals surface area (Å²) in [6.45, 7) is 1.87. The van der Waals surface area contributed by atoms with Crippen LogP contribution in [0.4, 0.5) is 0 Å². The summed E-state index contributed by atoms with van der Waals surface area (Å²) in [7, 11) is 2.96. The molecular weight excluding hydrogens is 412 g/mol. The fourth-order valence-electron chi connectivity index (χ4n) is 6.93. The summed E-state index contributed by atoms with van der Waals surface area (Å²) < 4.78 is 9.43. The third kappa shape index (κ3) is 3.24. The van der Waals surface area contributed by atoms with Gasteiger partial charge in [-0.1, -0.05) is 0 Å². The first-order chi connectivity index (χ1) is 15.2. The predicted octanol–water partition coefficient (Wildman–Crippen LogP) is 1.54. The first kappa shape index (κ1) is 21.2. The lowest BCUT2D eigenvalue weighted by atomic mass is 9.48. The van der Waals surface area contributed by atoms with Gasteiger partial charge < -0.3 is 9.30 Å². The van der Waals surface area contributed by atoms with E-state index < -0.39 is 23.3 Å². The molecule has 0 N–H and O–H groups in total. The van der Waals surface area contributed by atoms with Crippen LogP contribution in [0.1, 0.15) is 51.9 Å². The van der Waals surface area contributed by atoms with Gasteiger partial charge >= 0.3 is 11.7 Å². The zero-order valence-corrected chi connectivity index (χ0v) is 18.9. The van der Waals surface area contributed by atoms with Gasteiger partial charge in [-0.25, -0.2) is 9.78 Å². The first-order valence-corrected chi connectivity index (χ1v) is 11.5. The van der Waals surface area contributed by atoms with Crippen LogP contribution in [-0.2, 0) is 35.0 Å². The van der Waals surface area contributed by atoms with E-state index in [-0.39, 0.29) is 35.3 Å². The summed E-state index contributed by atoms with van der Waals surface area (Å²) in [4.78, 5) is 54.6. The number of rotatable bonds is 6. The number of carbonyl (C=O) groups is 2. The van der Waals surface area contributed by atoms with Crippen LogP contribution in [0.2, 0.25) is 0 Å². The molecule has 9 heteroatoms. The molecule has 6 rings (SSSR count). The molecule has 2 aromatic heterocycles. The Kier molecular flexibility index (Phi) is 4.90. The van der Waals surface area contributed by atoms with Crippen molar-refractivity contribution in [3.8, 4) is 0 Å². The number of ether oxygens (including phenoxy) is 1. The molecule has 0 spiro atoms. The van der Waals surface area contributed by atoms with E-state index in [1.807, 2.05) is 0 Å². The number of hydrogen-bond acceptors (Lipinski definition) is 6. The minimum atomic E-state index is -0.757. The van der Waals surface area contributed by atoms with Gasteiger partial charge in [-0.3, -0.25) is 23.5 Å². The molecule has 4 aliphatic carbocycles. The number of aryl methyl sites for hydroxylation is 2. The average Bonchev–Trinajstić information content (AvgIpc) is 3.17. The predicted molar refractivity (Wildman–Crippen MR) is 116 cm³/mol. The molecule has 4 saturated carbocycles. The van der Waals surface area contributed by atoms with E-state index in [0.29, 0.717) is 17.8 Å². The third-order valence-electron chi connectivity index (χ3n) is 8.01. The number of fused-ring (bicyclic) bond motifs is 1. The normalized spacial score (nSPS) is 29.4. The van der Waals surface area contributed by atoms with Crippen molar-refractivity contribution in [2.45, 2.75) is 64.5 Å². The Morgan fingerprint density at radius 3 is 2.28 bits per heavy atom. The van der Waals surface area contributed by atoms with Crippen LogP contribution in [0, 0.1) is 23.2 Å². The molecule has 2 heterocycles. The number of esters is 1. The lowest BCUT2D eigenvalue weighted by Gasteiger charge is -2.56. The van der Waals surface area contributed by atoms with E-state index in [9.17, 15) is 19.2 Å². The van der Waals surface area contributed by atoms with Crippen LogP contribution >= 0.6 is 0 Å². The zero-order chi connectivity index (χ0) is 22.8. The van der Waals surface area contributed by atoms with Crippen LogP contribution in [-0.4, -0.2) is 36.5 Å². The number of imidazole rings is 1. The van der Waals surface area contributed by atoms with Crippen molar-refractivity contribution in [1.82, 2.24) is 18.7 Å². The molecule has 4 bridgehead atoms. The molecule has 0 amide bonds. The van der Waals surface area contributed by atoms with Gasteiger partial charge in [0.2, 0.25) is 0 Å². The molecule has 0 aliphatic heterocycles. The van der Waals surface area contributed by atoms with Crippen LogP contribution in [0.5, 0.6) is 0 Å². The SMILES string of the molecule is C[C@H](OC(=O)CCn1cnc2c1c(=O)n(C)c(=O)n2C)C(=O)C12CC3CC(CC(C3)C1)C2. The summed E-state index contributed by atoms with van der Waals surface area (Å²) in [5.41, 5.74) is -0.674. The standard InChI is InChI=1S/C23H30N4O5/c1-13(19(29)23-9-14-6-15(10-23)8-16(7-14)11-23)32-17(28)4-5-27-12-24-20-18(27)21(30)26(3)22(31)25(20)2/h12-16H,4-11H2,1-3H3/t13-,14?,15?,16?,23?/m0/s1. The molecular formula is C23H30N4O5. The van der Waals surface area contributed by atoms with Gasteiger partial charge in [-0.15, -0.1) is 0 Å². The van der Waals surface area contributed by atoms with Crippen molar-refractivity contribution in [1.29, 1.82) is 0 Å². The third-order valence-corrected chi connectivity index (χ3v) is 8.01. The van der Waals surface area contributed by atoms with E-state index >= 15 is 0 Å². The van der Waals surface area contributed by atoms with Crippen LogP contribution in [0.25, 0.3) is 11.2 Å². The summed E-state index contributed by atoms with van der Waals surface area (Å²) >= 11 is 0. The van der Waals surface area contributed by atoms with E-state index in [0.717, 1.165) is 23.8 Å². The molecule has 4 aliphatic rings. The van der Waals surface area contributed by atoms with E-state index in [1.165, 1.54) is 37.2 Å². The topological polar surface area (TPSA) is 105 Å². The summed E-state index contributed by atoms with van der Waals surface area (Å²) in [6, 6.07) is 0. The molecule has 0 aromatic carbocycles. The second-order valence-electron chi connectivity index (χ2n) is 10.3. The molecule has 2 aromatic rings. The lowest BCUT2D eigenvalue weighted by molar-refractivity contribution is -0.165. The van der Waals surface area contributed by atoms with Crippen molar-refractivity contribution < 1.29 is 14.3 Å². The van der Waals surface area contributed by atoms with Gasteiger partial charge in [0.15, 0.2) is 23.1 Å². The molecule has 172 valence electrons. The van der Waals surface area contributed by atoms with Crippen LogP contribution < -0.4 is 11.2 Å². The highest BCUT2D eigenvalue weighted by atomic mass is 16.5. The average molecular weight is 443 g/mol. The quantitative estimate of drug-likeness (QED) is 0.629. The minimum Gasteiger partial charge on any atom is -0.455 e. The van der Waals surface area contributed by atoms with Gasteiger partial charge in [0.1, 0.15) is 0 Å². The Bertz CT molecular complexity index is 1180. The van der Waals surface area contributed by atoms with Crippen molar-refractivity contribution in [2.75, 3.05) is 0 Å². The fourth-order valence-corrected chi connectivity index (χ4v) is 6.93.